The van der Waals surface area contributed by atoms with Gasteiger partial charge in [0.1, 0.15) is 11.5 Å². The van der Waals surface area contributed by atoms with Gasteiger partial charge in [-0.25, -0.2) is 0 Å². The van der Waals surface area contributed by atoms with E-state index < -0.39 is 5.41 Å². The average molecular weight is 846 g/mol. The third-order valence-electron chi connectivity index (χ3n) is 14.1. The molecule has 0 bridgehead atoms. The molecule has 1 aliphatic heterocycles. The Kier molecular flexibility index (Phi) is 9.26. The number of anilines is 3. The first kappa shape index (κ1) is 39.4. The van der Waals surface area contributed by atoms with Crippen molar-refractivity contribution in [3.8, 4) is 50.3 Å². The molecule has 0 atom stereocenters. The SMILES string of the molecule is C=C/C=C\C1=C(c2ccc(N(c3cc(-c4ccccc4)cc(-c4ccccc4)c3)c3ccc4c(c3)C(C)(C)c3ccccc3-4)cc2)C2(c3ccccc3O1)c1ccccc1-c1ccccc12. The molecule has 9 aromatic carbocycles. The lowest BCUT2D eigenvalue weighted by molar-refractivity contribution is 0.418. The van der Waals surface area contributed by atoms with Crippen molar-refractivity contribution in [3.05, 3.63) is 282 Å². The zero-order valence-corrected chi connectivity index (χ0v) is 37.1. The molecule has 0 saturated carbocycles. The lowest BCUT2D eigenvalue weighted by Gasteiger charge is -2.41. The summed E-state index contributed by atoms with van der Waals surface area (Å²) in [6.45, 7) is 8.77. The second-order valence-electron chi connectivity index (χ2n) is 18.1. The monoisotopic (exact) mass is 845 g/mol. The molecule has 12 rings (SSSR count). The van der Waals surface area contributed by atoms with Crippen LogP contribution in [0, 0.1) is 0 Å². The zero-order valence-electron chi connectivity index (χ0n) is 37.1. The molecule has 0 radical (unpaired) electrons. The van der Waals surface area contributed by atoms with Crippen molar-refractivity contribution in [1.29, 1.82) is 0 Å². The van der Waals surface area contributed by atoms with Crippen LogP contribution in [0.3, 0.4) is 0 Å². The van der Waals surface area contributed by atoms with Gasteiger partial charge in [-0.3, -0.25) is 0 Å². The normalized spacial score (nSPS) is 14.5. The summed E-state index contributed by atoms with van der Waals surface area (Å²) < 4.78 is 6.97. The van der Waals surface area contributed by atoms with Crippen LogP contribution in [0.15, 0.2) is 249 Å². The molecule has 9 aromatic rings. The Morgan fingerprint density at radius 3 is 1.52 bits per heavy atom. The highest BCUT2D eigenvalue weighted by atomic mass is 16.5. The molecule has 0 amide bonds. The number of hydrogen-bond acceptors (Lipinski definition) is 2. The molecule has 0 unspecified atom stereocenters. The molecule has 0 N–H and O–H groups in total. The van der Waals surface area contributed by atoms with Crippen molar-refractivity contribution < 1.29 is 4.74 Å². The molecule has 1 spiro atoms. The van der Waals surface area contributed by atoms with Gasteiger partial charge in [0.15, 0.2) is 0 Å². The molecule has 0 fully saturated rings. The second-order valence-corrected chi connectivity index (χ2v) is 18.1. The number of nitrogens with zero attached hydrogens (tertiary/aromatic N) is 1. The van der Waals surface area contributed by atoms with Crippen molar-refractivity contribution >= 4 is 22.6 Å². The van der Waals surface area contributed by atoms with Gasteiger partial charge in [0.2, 0.25) is 0 Å². The highest BCUT2D eigenvalue weighted by molar-refractivity contribution is 5.99. The van der Waals surface area contributed by atoms with Crippen LogP contribution < -0.4 is 9.64 Å². The van der Waals surface area contributed by atoms with Crippen LogP contribution >= 0.6 is 0 Å². The summed E-state index contributed by atoms with van der Waals surface area (Å²) in [5, 5.41) is 0. The summed E-state index contributed by atoms with van der Waals surface area (Å²) in [6.07, 6.45) is 5.88. The first-order valence-corrected chi connectivity index (χ1v) is 22.9. The van der Waals surface area contributed by atoms with E-state index in [2.05, 4.69) is 250 Å². The fraction of sp³-hybridized carbons (Fsp3) is 0.0625. The van der Waals surface area contributed by atoms with E-state index in [1.807, 2.05) is 12.2 Å². The predicted molar refractivity (Wildman–Crippen MR) is 275 cm³/mol. The van der Waals surface area contributed by atoms with Crippen molar-refractivity contribution in [1.82, 2.24) is 0 Å². The first-order valence-electron chi connectivity index (χ1n) is 22.9. The molecule has 2 nitrogen and oxygen atoms in total. The minimum Gasteiger partial charge on any atom is -0.457 e. The maximum Gasteiger partial charge on any atom is 0.132 e. The third-order valence-corrected chi connectivity index (χ3v) is 14.1. The molecular formula is C64H47NO. The molecule has 0 saturated heterocycles. The fourth-order valence-corrected chi connectivity index (χ4v) is 11.2. The molecule has 3 aliphatic rings. The third kappa shape index (κ3) is 6.02. The second kappa shape index (κ2) is 15.5. The summed E-state index contributed by atoms with van der Waals surface area (Å²) in [7, 11) is 0. The van der Waals surface area contributed by atoms with Crippen molar-refractivity contribution in [3.63, 3.8) is 0 Å². The van der Waals surface area contributed by atoms with Crippen LogP contribution in [0.25, 0.3) is 50.1 Å². The summed E-state index contributed by atoms with van der Waals surface area (Å²) in [6, 6.07) is 79.9. The highest BCUT2D eigenvalue weighted by Gasteiger charge is 2.52. The van der Waals surface area contributed by atoms with Crippen LogP contribution in [0.5, 0.6) is 5.75 Å². The van der Waals surface area contributed by atoms with Gasteiger partial charge < -0.3 is 9.64 Å². The maximum atomic E-state index is 6.97. The van der Waals surface area contributed by atoms with Gasteiger partial charge in [-0.05, 0) is 127 Å². The fourth-order valence-electron chi connectivity index (χ4n) is 11.2. The van der Waals surface area contributed by atoms with E-state index in [1.165, 1.54) is 55.6 Å². The van der Waals surface area contributed by atoms with Crippen LogP contribution in [0.2, 0.25) is 0 Å². The van der Waals surface area contributed by atoms with E-state index in [9.17, 15) is 0 Å². The van der Waals surface area contributed by atoms with Crippen LogP contribution in [-0.2, 0) is 10.8 Å². The number of fused-ring (bicyclic) bond motifs is 10. The Bertz CT molecular complexity index is 3320. The van der Waals surface area contributed by atoms with Crippen LogP contribution in [-0.4, -0.2) is 0 Å². The van der Waals surface area contributed by atoms with Crippen LogP contribution in [0.1, 0.15) is 47.2 Å². The maximum absolute atomic E-state index is 6.97. The molecule has 1 heterocycles. The summed E-state index contributed by atoms with van der Waals surface area (Å²) in [4.78, 5) is 2.44. The minimum atomic E-state index is -0.640. The number of ether oxygens (including phenoxy) is 1. The summed E-state index contributed by atoms with van der Waals surface area (Å²) in [5.41, 5.74) is 20.7. The van der Waals surface area contributed by atoms with E-state index >= 15 is 0 Å². The van der Waals surface area contributed by atoms with Gasteiger partial charge in [-0.15, -0.1) is 0 Å². The standard InChI is InChI=1S/C64H47NO/c1-4-5-31-61-62(64(58-30-18-19-32-60(58)66-61)56-28-16-13-25-52(56)53-26-14-17-29-57(53)64)45-33-35-48(36-34-45)65(49-37-38-54-51-24-12-15-27-55(51)63(2,3)59(54)42-49)50-40-46(43-20-8-6-9-21-43)39-47(41-50)44-22-10-7-11-23-44/h4-42H,1H2,2-3H3/b31-5-. The Hall–Kier alpha value is -8.20. The minimum absolute atomic E-state index is 0.167. The van der Waals surface area contributed by atoms with E-state index in [0.29, 0.717) is 0 Å². The molecule has 0 aromatic heterocycles. The van der Waals surface area contributed by atoms with Gasteiger partial charge in [-0.1, -0.05) is 202 Å². The van der Waals surface area contributed by atoms with Crippen molar-refractivity contribution in [2.75, 3.05) is 4.90 Å². The van der Waals surface area contributed by atoms with E-state index in [1.54, 1.807) is 0 Å². The van der Waals surface area contributed by atoms with Crippen LogP contribution in [0.4, 0.5) is 17.1 Å². The number of benzene rings is 9. The molecule has 2 aliphatic carbocycles. The van der Waals surface area contributed by atoms with Gasteiger partial charge in [0.25, 0.3) is 0 Å². The summed E-state index contributed by atoms with van der Waals surface area (Å²) >= 11 is 0. The lowest BCUT2D eigenvalue weighted by atomic mass is 9.64. The Labute approximate surface area is 387 Å². The number of hydrogen-bond donors (Lipinski definition) is 0. The average Bonchev–Trinajstić information content (AvgIpc) is 3.79. The van der Waals surface area contributed by atoms with Gasteiger partial charge in [-0.2, -0.15) is 0 Å². The van der Waals surface area contributed by atoms with Crippen molar-refractivity contribution in [2.45, 2.75) is 24.7 Å². The predicted octanol–water partition coefficient (Wildman–Crippen LogP) is 16.7. The Balaban J connectivity index is 1.09. The van der Waals surface area contributed by atoms with Crippen molar-refractivity contribution in [2.24, 2.45) is 0 Å². The number of rotatable bonds is 8. The van der Waals surface area contributed by atoms with Gasteiger partial charge in [0, 0.05) is 33.6 Å². The highest BCUT2D eigenvalue weighted by Crippen LogP contribution is 2.63. The number of para-hydroxylation sites is 1. The smallest absolute Gasteiger partial charge is 0.132 e. The largest absolute Gasteiger partial charge is 0.457 e. The first-order chi connectivity index (χ1) is 32.4. The number of allylic oxidation sites excluding steroid dienone is 4. The lowest BCUT2D eigenvalue weighted by Crippen LogP contribution is -2.33. The molecular weight excluding hydrogens is 799 g/mol. The van der Waals surface area contributed by atoms with E-state index in [0.717, 1.165) is 56.4 Å². The Morgan fingerprint density at radius 1 is 0.409 bits per heavy atom. The summed E-state index contributed by atoms with van der Waals surface area (Å²) in [5.74, 6) is 1.65. The molecule has 2 heteroatoms. The zero-order chi connectivity index (χ0) is 44.4. The van der Waals surface area contributed by atoms with E-state index in [-0.39, 0.29) is 5.41 Å². The quantitative estimate of drug-likeness (QED) is 0.141. The topological polar surface area (TPSA) is 12.5 Å². The molecule has 66 heavy (non-hydrogen) atoms. The Morgan fingerprint density at radius 2 is 0.909 bits per heavy atom. The molecule has 314 valence electrons. The van der Waals surface area contributed by atoms with Gasteiger partial charge >= 0.3 is 0 Å². The van der Waals surface area contributed by atoms with Gasteiger partial charge in [0.05, 0.1) is 5.41 Å². The van der Waals surface area contributed by atoms with E-state index in [4.69, 9.17) is 4.74 Å².